The van der Waals surface area contributed by atoms with Crippen LogP contribution in [0, 0.1) is 0 Å². The molecule has 0 saturated heterocycles. The van der Waals surface area contributed by atoms with E-state index in [0.29, 0.717) is 0 Å². The minimum atomic E-state index is 0.730. The minimum absolute atomic E-state index is 0.730. The van der Waals surface area contributed by atoms with Crippen LogP contribution in [-0.4, -0.2) is 0 Å². The number of aryl methyl sites for hydroxylation is 2. The Morgan fingerprint density at radius 2 is 2.08 bits per heavy atom. The molecule has 1 heterocycles. The molecule has 72 valence electrons. The average molecular weight is 194 g/mol. The van der Waals surface area contributed by atoms with Gasteiger partial charge >= 0.3 is 0 Å². The maximum absolute atomic E-state index is 2.33. The second kappa shape index (κ2) is 3.45. The van der Waals surface area contributed by atoms with E-state index in [9.17, 15) is 0 Å². The lowest BCUT2D eigenvalue weighted by Crippen LogP contribution is -1.94. The van der Waals surface area contributed by atoms with Crippen LogP contribution >= 0.6 is 11.3 Å². The predicted molar refractivity (Wildman–Crippen MR) is 59.8 cm³/mol. The van der Waals surface area contributed by atoms with Gasteiger partial charge in [-0.05, 0) is 42.7 Å². The van der Waals surface area contributed by atoms with Crippen molar-refractivity contribution in [3.63, 3.8) is 0 Å². The van der Waals surface area contributed by atoms with Crippen molar-refractivity contribution in [3.8, 4) is 0 Å². The Morgan fingerprint density at radius 3 is 2.69 bits per heavy atom. The Labute approximate surface area is 85.0 Å². The van der Waals surface area contributed by atoms with E-state index >= 15 is 0 Å². The molecule has 0 amide bonds. The van der Waals surface area contributed by atoms with Gasteiger partial charge in [0.05, 0.1) is 0 Å². The van der Waals surface area contributed by atoms with E-state index in [2.05, 4.69) is 32.1 Å². The summed E-state index contributed by atoms with van der Waals surface area (Å²) in [6, 6.07) is 0. The van der Waals surface area contributed by atoms with Crippen LogP contribution in [0.15, 0.2) is 0 Å². The van der Waals surface area contributed by atoms with E-state index in [1.54, 1.807) is 20.9 Å². The van der Waals surface area contributed by atoms with E-state index in [1.807, 2.05) is 0 Å². The highest BCUT2D eigenvalue weighted by Crippen LogP contribution is 2.39. The summed E-state index contributed by atoms with van der Waals surface area (Å²) in [6.07, 6.45) is 5.31. The third kappa shape index (κ3) is 1.43. The van der Waals surface area contributed by atoms with Gasteiger partial charge in [0, 0.05) is 9.75 Å². The first-order valence-corrected chi connectivity index (χ1v) is 6.19. The molecule has 0 N–H and O–H groups in total. The summed E-state index contributed by atoms with van der Waals surface area (Å²) in [5, 5.41) is 0. The molecule has 1 aliphatic carbocycles. The Kier molecular flexibility index (Phi) is 2.46. The minimum Gasteiger partial charge on any atom is -0.145 e. The highest BCUT2D eigenvalue weighted by molar-refractivity contribution is 7.12. The molecule has 2 rings (SSSR count). The van der Waals surface area contributed by atoms with Crippen molar-refractivity contribution in [1.29, 1.82) is 0 Å². The second-order valence-corrected chi connectivity index (χ2v) is 5.39. The highest BCUT2D eigenvalue weighted by atomic mass is 32.1. The SMILES string of the molecule is CCc1sc2c(c1C(C)C)CCC2. The van der Waals surface area contributed by atoms with Crippen LogP contribution in [-0.2, 0) is 19.3 Å². The van der Waals surface area contributed by atoms with Crippen LogP contribution in [0.25, 0.3) is 0 Å². The van der Waals surface area contributed by atoms with Crippen LogP contribution in [0.5, 0.6) is 0 Å². The van der Waals surface area contributed by atoms with Gasteiger partial charge in [0.2, 0.25) is 0 Å². The third-order valence-corrected chi connectivity index (χ3v) is 4.39. The molecule has 0 spiro atoms. The van der Waals surface area contributed by atoms with Gasteiger partial charge in [0.15, 0.2) is 0 Å². The van der Waals surface area contributed by atoms with E-state index in [4.69, 9.17) is 0 Å². The number of hydrogen-bond acceptors (Lipinski definition) is 1. The van der Waals surface area contributed by atoms with Gasteiger partial charge in [-0.2, -0.15) is 0 Å². The molecular weight excluding hydrogens is 176 g/mol. The van der Waals surface area contributed by atoms with Crippen molar-refractivity contribution in [3.05, 3.63) is 20.9 Å². The first kappa shape index (κ1) is 9.26. The highest BCUT2D eigenvalue weighted by Gasteiger charge is 2.22. The zero-order chi connectivity index (χ0) is 9.42. The molecule has 13 heavy (non-hydrogen) atoms. The molecule has 1 aromatic rings. The molecule has 1 aromatic heterocycles. The van der Waals surface area contributed by atoms with E-state index in [-0.39, 0.29) is 0 Å². The summed E-state index contributed by atoms with van der Waals surface area (Å²) < 4.78 is 0. The quantitative estimate of drug-likeness (QED) is 0.669. The van der Waals surface area contributed by atoms with Crippen molar-refractivity contribution < 1.29 is 0 Å². The first-order chi connectivity index (χ1) is 6.24. The van der Waals surface area contributed by atoms with Crippen molar-refractivity contribution in [2.75, 3.05) is 0 Å². The fourth-order valence-corrected chi connectivity index (χ4v) is 3.91. The van der Waals surface area contributed by atoms with E-state index in [1.165, 1.54) is 25.7 Å². The molecule has 0 atom stereocenters. The standard InChI is InChI=1S/C12H18S/c1-4-10-12(8(2)3)9-6-5-7-11(9)13-10/h8H,4-7H2,1-3H3. The fraction of sp³-hybridized carbons (Fsp3) is 0.667. The summed E-state index contributed by atoms with van der Waals surface area (Å²) in [5.74, 6) is 0.730. The Balaban J connectivity index is 2.49. The van der Waals surface area contributed by atoms with Crippen LogP contribution in [0.1, 0.15) is 54.0 Å². The smallest absolute Gasteiger partial charge is 0.00832 e. The van der Waals surface area contributed by atoms with Gasteiger partial charge in [-0.25, -0.2) is 0 Å². The Hall–Kier alpha value is -0.300. The second-order valence-electron chi connectivity index (χ2n) is 4.20. The molecule has 0 fully saturated rings. The lowest BCUT2D eigenvalue weighted by molar-refractivity contribution is 0.826. The van der Waals surface area contributed by atoms with Crippen LogP contribution < -0.4 is 0 Å². The lowest BCUT2D eigenvalue weighted by Gasteiger charge is -2.08. The maximum Gasteiger partial charge on any atom is 0.00832 e. The van der Waals surface area contributed by atoms with Gasteiger partial charge in [0.1, 0.15) is 0 Å². The Bertz CT molecular complexity index is 307. The normalized spacial score (nSPS) is 15.4. The number of thiophene rings is 1. The van der Waals surface area contributed by atoms with Crippen molar-refractivity contribution >= 4 is 11.3 Å². The van der Waals surface area contributed by atoms with E-state index in [0.717, 1.165) is 5.92 Å². The summed E-state index contributed by atoms with van der Waals surface area (Å²) in [4.78, 5) is 3.35. The average Bonchev–Trinajstić information content (AvgIpc) is 2.59. The molecule has 1 aliphatic rings. The number of rotatable bonds is 2. The van der Waals surface area contributed by atoms with Gasteiger partial charge in [-0.1, -0.05) is 20.8 Å². The number of fused-ring (bicyclic) bond motifs is 1. The topological polar surface area (TPSA) is 0 Å². The predicted octanol–water partition coefficient (Wildman–Crippen LogP) is 3.92. The molecule has 1 heteroatoms. The molecule has 0 saturated carbocycles. The monoisotopic (exact) mass is 194 g/mol. The molecule has 0 unspecified atom stereocenters. The fourth-order valence-electron chi connectivity index (χ4n) is 2.42. The van der Waals surface area contributed by atoms with Gasteiger partial charge in [0.25, 0.3) is 0 Å². The summed E-state index contributed by atoms with van der Waals surface area (Å²) in [5.41, 5.74) is 3.41. The first-order valence-electron chi connectivity index (χ1n) is 5.37. The van der Waals surface area contributed by atoms with Gasteiger partial charge in [-0.3, -0.25) is 0 Å². The molecular formula is C12H18S. The molecule has 0 bridgehead atoms. The summed E-state index contributed by atoms with van der Waals surface area (Å²) in [6.45, 7) is 6.95. The van der Waals surface area contributed by atoms with Crippen molar-refractivity contribution in [1.82, 2.24) is 0 Å². The lowest BCUT2D eigenvalue weighted by atomic mass is 9.97. The van der Waals surface area contributed by atoms with Crippen LogP contribution in [0.3, 0.4) is 0 Å². The summed E-state index contributed by atoms with van der Waals surface area (Å²) in [7, 11) is 0. The van der Waals surface area contributed by atoms with E-state index < -0.39 is 0 Å². The third-order valence-electron chi connectivity index (χ3n) is 2.94. The van der Waals surface area contributed by atoms with Gasteiger partial charge in [-0.15, -0.1) is 11.3 Å². The molecule has 0 aromatic carbocycles. The summed E-state index contributed by atoms with van der Waals surface area (Å²) >= 11 is 2.08. The zero-order valence-electron chi connectivity index (χ0n) is 8.81. The van der Waals surface area contributed by atoms with Crippen molar-refractivity contribution in [2.24, 2.45) is 0 Å². The largest absolute Gasteiger partial charge is 0.145 e. The number of hydrogen-bond donors (Lipinski definition) is 0. The van der Waals surface area contributed by atoms with Crippen molar-refractivity contribution in [2.45, 2.75) is 52.4 Å². The molecule has 0 aliphatic heterocycles. The Morgan fingerprint density at radius 1 is 1.31 bits per heavy atom. The zero-order valence-corrected chi connectivity index (χ0v) is 9.63. The van der Waals surface area contributed by atoms with Crippen LogP contribution in [0.4, 0.5) is 0 Å². The molecule has 0 radical (unpaired) electrons. The van der Waals surface area contributed by atoms with Gasteiger partial charge < -0.3 is 0 Å². The van der Waals surface area contributed by atoms with Crippen LogP contribution in [0.2, 0.25) is 0 Å². The molecule has 0 nitrogen and oxygen atoms in total. The maximum atomic E-state index is 2.33.